The van der Waals surface area contributed by atoms with Gasteiger partial charge in [0.2, 0.25) is 5.91 Å². The number of carboxylic acids is 1. The fourth-order valence-corrected chi connectivity index (χ4v) is 2.56. The second-order valence-electron chi connectivity index (χ2n) is 4.20. The Morgan fingerprint density at radius 3 is 3.05 bits per heavy atom. The predicted octanol–water partition coefficient (Wildman–Crippen LogP) is 1.20. The first-order valence-corrected chi connectivity index (χ1v) is 6.94. The van der Waals surface area contributed by atoms with E-state index in [-0.39, 0.29) is 22.7 Å². The number of aliphatic carboxylic acids is 1. The Kier molecular flexibility index (Phi) is 4.91. The topological polar surface area (TPSA) is 91.1 Å². The number of hydrogen-bond donors (Lipinski definition) is 2. The van der Waals surface area contributed by atoms with Crippen LogP contribution in [-0.2, 0) is 9.59 Å². The molecule has 0 aromatic heterocycles. The highest BCUT2D eigenvalue weighted by Crippen LogP contribution is 2.22. The number of carbonyl (C=O) groups excluding carboxylic acids is 1. The molecule has 0 aliphatic carbocycles. The van der Waals surface area contributed by atoms with Crippen LogP contribution in [0.4, 0.5) is 4.39 Å². The van der Waals surface area contributed by atoms with E-state index in [9.17, 15) is 14.0 Å². The molecular formula is C14H10FN3O3S. The van der Waals surface area contributed by atoms with Gasteiger partial charge >= 0.3 is 5.97 Å². The highest BCUT2D eigenvalue weighted by molar-refractivity contribution is 8.15. The minimum absolute atomic E-state index is 0.113. The normalized spacial score (nSPS) is 19.4. The van der Waals surface area contributed by atoms with E-state index in [0.29, 0.717) is 0 Å². The van der Waals surface area contributed by atoms with Gasteiger partial charge in [-0.1, -0.05) is 29.8 Å². The van der Waals surface area contributed by atoms with Crippen molar-refractivity contribution in [2.75, 3.05) is 0 Å². The lowest BCUT2D eigenvalue weighted by Gasteiger charge is -1.98. The number of carbonyl (C=O) groups is 2. The van der Waals surface area contributed by atoms with E-state index in [4.69, 9.17) is 11.5 Å². The zero-order valence-electron chi connectivity index (χ0n) is 11.1. The van der Waals surface area contributed by atoms with Gasteiger partial charge in [0.1, 0.15) is 11.1 Å². The molecule has 1 unspecified atom stereocenters. The molecule has 2 N–H and O–H groups in total. The maximum absolute atomic E-state index is 13.8. The number of nitrogens with one attached hydrogen (secondary N) is 1. The van der Waals surface area contributed by atoms with Crippen molar-refractivity contribution in [2.45, 2.75) is 11.7 Å². The minimum Gasteiger partial charge on any atom is -0.481 e. The summed E-state index contributed by atoms with van der Waals surface area (Å²) in [5, 5.41) is 17.9. The fraction of sp³-hybridized carbons (Fsp3) is 0.143. The van der Waals surface area contributed by atoms with Crippen molar-refractivity contribution in [1.82, 2.24) is 5.32 Å². The predicted molar refractivity (Wildman–Crippen MR) is 81.1 cm³/mol. The Hall–Kier alpha value is -2.66. The van der Waals surface area contributed by atoms with Crippen LogP contribution in [0.5, 0.6) is 0 Å². The smallest absolute Gasteiger partial charge is 0.305 e. The Bertz CT molecular complexity index is 725. The largest absolute Gasteiger partial charge is 0.481 e. The first kappa shape index (κ1) is 15.7. The second kappa shape index (κ2) is 6.87. The Morgan fingerprint density at radius 2 is 2.36 bits per heavy atom. The van der Waals surface area contributed by atoms with Crippen molar-refractivity contribution in [3.05, 3.63) is 35.1 Å². The summed E-state index contributed by atoms with van der Waals surface area (Å²) in [7, 11) is 0. The summed E-state index contributed by atoms with van der Waals surface area (Å²) in [6.45, 7) is 0. The zero-order chi connectivity index (χ0) is 16.1. The SMILES string of the molecule is C#Cc1cccc(C=NN=C2NC(=O)C(CC(=O)O)S2)c1F. The van der Waals surface area contributed by atoms with Crippen LogP contribution in [0.2, 0.25) is 0 Å². The highest BCUT2D eigenvalue weighted by atomic mass is 32.2. The van der Waals surface area contributed by atoms with E-state index in [1.54, 1.807) is 6.07 Å². The molecule has 1 aliphatic heterocycles. The Balaban J connectivity index is 2.08. The van der Waals surface area contributed by atoms with E-state index in [1.165, 1.54) is 18.3 Å². The quantitative estimate of drug-likeness (QED) is 0.496. The summed E-state index contributed by atoms with van der Waals surface area (Å²) in [5.74, 6) is 0.104. The summed E-state index contributed by atoms with van der Waals surface area (Å²) in [6, 6.07) is 4.53. The number of terminal acetylenes is 1. The molecule has 1 aliphatic rings. The molecule has 0 saturated carbocycles. The van der Waals surface area contributed by atoms with E-state index >= 15 is 0 Å². The van der Waals surface area contributed by atoms with Gasteiger partial charge in [0.05, 0.1) is 18.2 Å². The van der Waals surface area contributed by atoms with Crippen molar-refractivity contribution in [3.63, 3.8) is 0 Å². The van der Waals surface area contributed by atoms with Gasteiger partial charge in [0.15, 0.2) is 5.17 Å². The molecule has 1 aromatic carbocycles. The van der Waals surface area contributed by atoms with Crippen LogP contribution in [0.15, 0.2) is 28.4 Å². The third-order valence-electron chi connectivity index (χ3n) is 2.67. The van der Waals surface area contributed by atoms with Crippen molar-refractivity contribution in [1.29, 1.82) is 0 Å². The third-order valence-corrected chi connectivity index (χ3v) is 3.74. The van der Waals surface area contributed by atoms with E-state index < -0.39 is 22.9 Å². The monoisotopic (exact) mass is 319 g/mol. The molecule has 8 heteroatoms. The minimum atomic E-state index is -1.08. The van der Waals surface area contributed by atoms with E-state index in [1.807, 2.05) is 0 Å². The molecule has 6 nitrogen and oxygen atoms in total. The van der Waals surface area contributed by atoms with Crippen molar-refractivity contribution < 1.29 is 19.1 Å². The first-order valence-electron chi connectivity index (χ1n) is 6.06. The average molecular weight is 319 g/mol. The van der Waals surface area contributed by atoms with Crippen molar-refractivity contribution in [3.8, 4) is 12.3 Å². The number of amides is 1. The number of amidine groups is 1. The van der Waals surface area contributed by atoms with Gasteiger partial charge in [0.25, 0.3) is 0 Å². The van der Waals surface area contributed by atoms with Crippen LogP contribution >= 0.6 is 11.8 Å². The summed E-state index contributed by atoms with van der Waals surface area (Å²) >= 11 is 0.963. The van der Waals surface area contributed by atoms with Crippen LogP contribution in [0, 0.1) is 18.2 Å². The summed E-state index contributed by atoms with van der Waals surface area (Å²) < 4.78 is 13.8. The van der Waals surface area contributed by atoms with Crippen LogP contribution in [-0.4, -0.2) is 33.6 Å². The van der Waals surface area contributed by atoms with Crippen LogP contribution in [0.1, 0.15) is 17.5 Å². The molecule has 0 bridgehead atoms. The number of hydrogen-bond acceptors (Lipinski definition) is 5. The second-order valence-corrected chi connectivity index (χ2v) is 5.39. The molecule has 1 amide bonds. The lowest BCUT2D eigenvalue weighted by molar-refractivity contribution is -0.138. The molecule has 0 radical (unpaired) electrons. The van der Waals surface area contributed by atoms with Crippen molar-refractivity contribution >= 4 is 35.0 Å². The number of thioether (sulfide) groups is 1. The van der Waals surface area contributed by atoms with Gasteiger partial charge in [-0.2, -0.15) is 5.10 Å². The Morgan fingerprint density at radius 1 is 1.59 bits per heavy atom. The number of carboxylic acid groups (broad SMARTS) is 1. The number of benzene rings is 1. The molecule has 22 heavy (non-hydrogen) atoms. The maximum Gasteiger partial charge on any atom is 0.305 e. The molecule has 112 valence electrons. The van der Waals surface area contributed by atoms with Gasteiger partial charge in [-0.05, 0) is 6.07 Å². The lowest BCUT2D eigenvalue weighted by atomic mass is 10.1. The third kappa shape index (κ3) is 3.71. The number of rotatable bonds is 4. The average Bonchev–Trinajstić information content (AvgIpc) is 2.80. The molecule has 1 fully saturated rings. The van der Waals surface area contributed by atoms with Gasteiger partial charge < -0.3 is 10.4 Å². The van der Waals surface area contributed by atoms with Crippen LogP contribution in [0.25, 0.3) is 0 Å². The van der Waals surface area contributed by atoms with Crippen molar-refractivity contribution in [2.24, 2.45) is 10.2 Å². The van der Waals surface area contributed by atoms with E-state index in [0.717, 1.165) is 11.8 Å². The van der Waals surface area contributed by atoms with Crippen LogP contribution < -0.4 is 5.32 Å². The Labute approximate surface area is 129 Å². The first-order chi connectivity index (χ1) is 10.5. The van der Waals surface area contributed by atoms with Crippen LogP contribution in [0.3, 0.4) is 0 Å². The molecule has 1 saturated heterocycles. The summed E-state index contributed by atoms with van der Waals surface area (Å²) in [6.07, 6.45) is 6.02. The van der Waals surface area contributed by atoms with Gasteiger partial charge in [-0.15, -0.1) is 11.5 Å². The molecular weight excluding hydrogens is 309 g/mol. The lowest BCUT2D eigenvalue weighted by Crippen LogP contribution is -2.26. The molecule has 1 heterocycles. The van der Waals surface area contributed by atoms with Gasteiger partial charge in [0, 0.05) is 5.56 Å². The fourth-order valence-electron chi connectivity index (χ4n) is 1.65. The molecule has 1 atom stereocenters. The van der Waals surface area contributed by atoms with Gasteiger partial charge in [-0.3, -0.25) is 9.59 Å². The standard InChI is InChI=1S/C14H10FN3O3S/c1-2-8-4-3-5-9(12(8)15)7-16-18-14-17-13(21)10(22-14)6-11(19)20/h1,3-5,7,10H,6H2,(H,19,20)(H,17,18,21). The summed E-state index contributed by atoms with van der Waals surface area (Å²) in [5.41, 5.74) is 0.276. The highest BCUT2D eigenvalue weighted by Gasteiger charge is 2.32. The molecule has 1 aromatic rings. The summed E-state index contributed by atoms with van der Waals surface area (Å²) in [4.78, 5) is 22.1. The maximum atomic E-state index is 13.8. The number of halogens is 1. The number of nitrogens with zero attached hydrogens (tertiary/aromatic N) is 2. The van der Waals surface area contributed by atoms with E-state index in [2.05, 4.69) is 21.4 Å². The molecule has 2 rings (SSSR count). The zero-order valence-corrected chi connectivity index (χ0v) is 11.9. The van der Waals surface area contributed by atoms with Gasteiger partial charge in [-0.25, -0.2) is 4.39 Å². The molecule has 0 spiro atoms.